The zero-order valence-electron chi connectivity index (χ0n) is 40.2. The first kappa shape index (κ1) is 47.6. The molecule has 0 aliphatic heterocycles. The standard InChI is InChI=1S/C34H40N2O2.C26H31NO2/c1-24-25(2)36(32-17-11-10-16-30(24)32)22-26-18-20-29(21-19-26)33(28-14-6-3-4-7-15-28)34(38)35-31(23-37)27-12-8-5-9-13-27;1-18-19(2)27(24-12-8-7-11-23(18)24)17-20-13-15-22(16-14-20)25(26(28)29)21-9-5-3-4-6-10-21/h5,8-13,16-21,28,31,33,37H,3-4,6-7,14-15,22-23H2,1-2H3,(H,35,38);7-8,11-16,21,25H,3-6,9-10,17H2,1-2H3,(H,28,29)/t31-,33?;/m0./s1. The Bertz CT molecular complexity index is 2710. The fourth-order valence-corrected chi connectivity index (χ4v) is 11.4. The second-order valence-electron chi connectivity index (χ2n) is 19.6. The summed E-state index contributed by atoms with van der Waals surface area (Å²) in [6, 6.07) is 43.5. The highest BCUT2D eigenvalue weighted by Crippen LogP contribution is 2.38. The highest BCUT2D eigenvalue weighted by Gasteiger charge is 2.33. The number of aryl methyl sites for hydroxylation is 2. The fraction of sp³-hybridized carbons (Fsp3) is 0.400. The number of aromatic nitrogens is 2. The Morgan fingerprint density at radius 3 is 1.36 bits per heavy atom. The van der Waals surface area contributed by atoms with Crippen LogP contribution in [0.2, 0.25) is 0 Å². The third kappa shape index (κ3) is 10.9. The summed E-state index contributed by atoms with van der Waals surface area (Å²) in [5.41, 5.74) is 13.2. The minimum Gasteiger partial charge on any atom is -0.481 e. The number of hydrogen-bond donors (Lipinski definition) is 3. The van der Waals surface area contributed by atoms with Gasteiger partial charge in [0.1, 0.15) is 0 Å². The number of carboxylic acids is 1. The summed E-state index contributed by atoms with van der Waals surface area (Å²) in [5, 5.41) is 25.8. The highest BCUT2D eigenvalue weighted by atomic mass is 16.4. The van der Waals surface area contributed by atoms with E-state index in [1.807, 2.05) is 42.5 Å². The van der Waals surface area contributed by atoms with Gasteiger partial charge in [0.25, 0.3) is 0 Å². The molecule has 2 saturated carbocycles. The number of para-hydroxylation sites is 2. The zero-order chi connectivity index (χ0) is 46.9. The van der Waals surface area contributed by atoms with Crippen molar-refractivity contribution >= 4 is 33.7 Å². The normalized spacial score (nSPS) is 16.4. The largest absolute Gasteiger partial charge is 0.481 e. The summed E-state index contributed by atoms with van der Waals surface area (Å²) in [7, 11) is 0. The van der Waals surface area contributed by atoms with Crippen LogP contribution in [0.5, 0.6) is 0 Å². The van der Waals surface area contributed by atoms with E-state index in [2.05, 4.69) is 127 Å². The molecule has 2 heterocycles. The molecule has 7 aromatic rings. The van der Waals surface area contributed by atoms with Gasteiger partial charge in [-0.15, -0.1) is 0 Å². The first-order valence-corrected chi connectivity index (χ1v) is 25.1. The molecule has 1 amide bonds. The maximum atomic E-state index is 13.8. The minimum atomic E-state index is -0.674. The van der Waals surface area contributed by atoms with Crippen LogP contribution in [-0.2, 0) is 22.7 Å². The molecule has 5 aromatic carbocycles. The molecule has 7 heteroatoms. The smallest absolute Gasteiger partial charge is 0.311 e. The van der Waals surface area contributed by atoms with Crippen LogP contribution in [0, 0.1) is 39.5 Å². The molecule has 3 atom stereocenters. The lowest BCUT2D eigenvalue weighted by molar-refractivity contribution is -0.140. The lowest BCUT2D eigenvalue weighted by Crippen LogP contribution is -2.37. The van der Waals surface area contributed by atoms with Crippen molar-refractivity contribution in [3.8, 4) is 0 Å². The SMILES string of the molecule is Cc1c(C)n(Cc2ccc(C(C(=O)N[C@@H](CO)c3ccccc3)C3CCCCCC3)cc2)c2ccccc12.Cc1c(C)n(Cc2ccc(C(C(=O)O)C3CCCCCC3)cc2)c2ccccc12. The molecular weight excluding hydrogens is 827 g/mol. The minimum absolute atomic E-state index is 0.0235. The summed E-state index contributed by atoms with van der Waals surface area (Å²) in [5.74, 6) is -0.659. The lowest BCUT2D eigenvalue weighted by Gasteiger charge is -2.28. The Morgan fingerprint density at radius 2 is 0.925 bits per heavy atom. The molecule has 67 heavy (non-hydrogen) atoms. The van der Waals surface area contributed by atoms with E-state index in [4.69, 9.17) is 0 Å². The second kappa shape index (κ2) is 22.3. The van der Waals surface area contributed by atoms with Crippen LogP contribution in [0.1, 0.15) is 145 Å². The molecule has 2 fully saturated rings. The van der Waals surface area contributed by atoms with Crippen molar-refractivity contribution in [2.45, 2.75) is 136 Å². The van der Waals surface area contributed by atoms with Gasteiger partial charge in [-0.2, -0.15) is 0 Å². The van der Waals surface area contributed by atoms with Crippen LogP contribution in [0.3, 0.4) is 0 Å². The third-order valence-corrected chi connectivity index (χ3v) is 15.4. The number of carbonyl (C=O) groups excluding carboxylic acids is 1. The molecule has 3 N–H and O–H groups in total. The van der Waals surface area contributed by atoms with Crippen molar-refractivity contribution in [2.75, 3.05) is 6.61 Å². The number of aliphatic carboxylic acids is 1. The quantitative estimate of drug-likeness (QED) is 0.100. The maximum Gasteiger partial charge on any atom is 0.311 e. The number of benzene rings is 5. The van der Waals surface area contributed by atoms with Crippen LogP contribution in [-0.4, -0.2) is 37.8 Å². The monoisotopic (exact) mass is 898 g/mol. The summed E-state index contributed by atoms with van der Waals surface area (Å²) < 4.78 is 4.75. The molecule has 2 unspecified atom stereocenters. The Hall–Kier alpha value is -5.92. The zero-order valence-corrected chi connectivity index (χ0v) is 40.2. The number of aliphatic hydroxyl groups is 1. The predicted molar refractivity (Wildman–Crippen MR) is 274 cm³/mol. The lowest BCUT2D eigenvalue weighted by atomic mass is 9.80. The molecule has 350 valence electrons. The average molecular weight is 898 g/mol. The Balaban J connectivity index is 0.000000188. The van der Waals surface area contributed by atoms with E-state index in [9.17, 15) is 19.8 Å². The van der Waals surface area contributed by atoms with E-state index in [-0.39, 0.29) is 30.3 Å². The number of carboxylic acid groups (broad SMARTS) is 1. The van der Waals surface area contributed by atoms with Gasteiger partial charge in [-0.05, 0) is 116 Å². The Kier molecular flexibility index (Phi) is 15.8. The number of nitrogens with one attached hydrogen (secondary N) is 1. The van der Waals surface area contributed by atoms with Crippen LogP contribution in [0.15, 0.2) is 127 Å². The Morgan fingerprint density at radius 1 is 0.522 bits per heavy atom. The van der Waals surface area contributed by atoms with Crippen molar-refractivity contribution in [1.82, 2.24) is 14.5 Å². The van der Waals surface area contributed by atoms with Crippen molar-refractivity contribution in [1.29, 1.82) is 0 Å². The molecule has 0 spiro atoms. The summed E-state index contributed by atoms with van der Waals surface area (Å²) in [4.78, 5) is 25.9. The van der Waals surface area contributed by atoms with E-state index in [0.29, 0.717) is 5.92 Å². The van der Waals surface area contributed by atoms with Gasteiger partial charge in [0.2, 0.25) is 5.91 Å². The topological polar surface area (TPSA) is 96.5 Å². The van der Waals surface area contributed by atoms with Gasteiger partial charge in [-0.3, -0.25) is 9.59 Å². The second-order valence-corrected chi connectivity index (χ2v) is 19.6. The maximum absolute atomic E-state index is 13.8. The summed E-state index contributed by atoms with van der Waals surface area (Å²) >= 11 is 0. The third-order valence-electron chi connectivity index (χ3n) is 15.4. The predicted octanol–water partition coefficient (Wildman–Crippen LogP) is 13.7. The van der Waals surface area contributed by atoms with Crippen molar-refractivity contribution in [2.24, 2.45) is 11.8 Å². The molecule has 0 radical (unpaired) electrons. The van der Waals surface area contributed by atoms with Crippen molar-refractivity contribution < 1.29 is 19.8 Å². The van der Waals surface area contributed by atoms with Gasteiger partial charge in [0.05, 0.1) is 24.5 Å². The molecule has 0 saturated heterocycles. The number of nitrogens with zero attached hydrogens (tertiary/aromatic N) is 2. The molecular formula is C60H71N3O4. The van der Waals surface area contributed by atoms with Crippen molar-refractivity contribution in [3.63, 3.8) is 0 Å². The van der Waals surface area contributed by atoms with Crippen LogP contribution < -0.4 is 5.32 Å². The van der Waals surface area contributed by atoms with E-state index in [0.717, 1.165) is 68.3 Å². The summed E-state index contributed by atoms with van der Waals surface area (Å²) in [6.45, 7) is 10.2. The number of rotatable bonds is 13. The van der Waals surface area contributed by atoms with Crippen LogP contribution in [0.25, 0.3) is 21.8 Å². The van der Waals surface area contributed by atoms with Gasteiger partial charge in [-0.25, -0.2) is 0 Å². The van der Waals surface area contributed by atoms with E-state index in [1.54, 1.807) is 0 Å². The van der Waals surface area contributed by atoms with Crippen LogP contribution in [0.4, 0.5) is 0 Å². The number of amides is 1. The average Bonchev–Trinajstić information content (AvgIpc) is 3.58. The van der Waals surface area contributed by atoms with E-state index >= 15 is 0 Å². The summed E-state index contributed by atoms with van der Waals surface area (Å²) in [6.07, 6.45) is 13.9. The van der Waals surface area contributed by atoms with E-state index in [1.165, 1.54) is 94.0 Å². The Labute approximate surface area is 398 Å². The van der Waals surface area contributed by atoms with Crippen molar-refractivity contribution in [3.05, 3.63) is 178 Å². The van der Waals surface area contributed by atoms with E-state index < -0.39 is 12.0 Å². The van der Waals surface area contributed by atoms with Gasteiger partial charge < -0.3 is 24.7 Å². The first-order chi connectivity index (χ1) is 32.6. The number of hydrogen-bond acceptors (Lipinski definition) is 3. The fourth-order valence-electron chi connectivity index (χ4n) is 11.4. The van der Waals surface area contributed by atoms with Gasteiger partial charge in [0.15, 0.2) is 0 Å². The molecule has 2 aliphatic carbocycles. The number of aliphatic hydroxyl groups excluding tert-OH is 1. The number of carbonyl (C=O) groups is 2. The highest BCUT2D eigenvalue weighted by molar-refractivity contribution is 5.86. The van der Waals surface area contributed by atoms with Gasteiger partial charge in [-0.1, -0.05) is 167 Å². The number of fused-ring (bicyclic) bond motifs is 2. The molecule has 2 aromatic heterocycles. The van der Waals surface area contributed by atoms with Crippen LogP contribution >= 0.6 is 0 Å². The molecule has 0 bridgehead atoms. The van der Waals surface area contributed by atoms with Gasteiger partial charge in [0, 0.05) is 46.3 Å². The molecule has 2 aliphatic rings. The first-order valence-electron chi connectivity index (χ1n) is 25.1. The van der Waals surface area contributed by atoms with Gasteiger partial charge >= 0.3 is 5.97 Å². The molecule has 7 nitrogen and oxygen atoms in total. The molecule has 9 rings (SSSR count).